The summed E-state index contributed by atoms with van der Waals surface area (Å²) >= 11 is 0. The fourth-order valence-electron chi connectivity index (χ4n) is 5.38. The first-order valence-electron chi connectivity index (χ1n) is 13.5. The van der Waals surface area contributed by atoms with Crippen molar-refractivity contribution in [1.29, 1.82) is 0 Å². The molecule has 2 fully saturated rings. The highest BCUT2D eigenvalue weighted by Gasteiger charge is 2.28. The van der Waals surface area contributed by atoms with Crippen LogP contribution in [0.3, 0.4) is 0 Å². The predicted molar refractivity (Wildman–Crippen MR) is 151 cm³/mol. The molecule has 0 aliphatic heterocycles. The summed E-state index contributed by atoms with van der Waals surface area (Å²) in [6, 6.07) is 17.3. The molecule has 0 amide bonds. The number of hydrogen-bond donors (Lipinski definition) is 2. The average molecular weight is 522 g/mol. The highest BCUT2D eigenvalue weighted by Crippen LogP contribution is 2.33. The number of aromatic nitrogens is 4. The molecule has 39 heavy (non-hydrogen) atoms. The van der Waals surface area contributed by atoms with Gasteiger partial charge in [-0.05, 0) is 80.8 Å². The topological polar surface area (TPSA) is 104 Å². The number of allylic oxidation sites excluding steroid dienone is 1. The van der Waals surface area contributed by atoms with Crippen molar-refractivity contribution in [1.82, 2.24) is 24.4 Å². The first-order valence-corrected chi connectivity index (χ1v) is 13.5. The van der Waals surface area contributed by atoms with Crippen molar-refractivity contribution >= 4 is 17.0 Å². The zero-order valence-corrected chi connectivity index (χ0v) is 21.7. The van der Waals surface area contributed by atoms with E-state index in [-0.39, 0.29) is 17.5 Å². The van der Waals surface area contributed by atoms with Crippen LogP contribution in [0.25, 0.3) is 21.7 Å². The molecular formula is C30H31N7O2. The number of benzene rings is 2. The summed E-state index contributed by atoms with van der Waals surface area (Å²) < 4.78 is 9.31. The molecule has 9 nitrogen and oxygen atoms in total. The summed E-state index contributed by atoms with van der Waals surface area (Å²) in [5, 5.41) is 3.56. The van der Waals surface area contributed by atoms with Gasteiger partial charge in [0.15, 0.2) is 17.2 Å². The Morgan fingerprint density at radius 3 is 2.44 bits per heavy atom. The summed E-state index contributed by atoms with van der Waals surface area (Å²) in [5.74, 6) is 2.28. The van der Waals surface area contributed by atoms with Gasteiger partial charge in [0.25, 0.3) is 0 Å². The van der Waals surface area contributed by atoms with E-state index >= 15 is 0 Å². The van der Waals surface area contributed by atoms with Crippen molar-refractivity contribution in [3.8, 4) is 17.2 Å². The highest BCUT2D eigenvalue weighted by molar-refractivity contribution is 5.84. The lowest BCUT2D eigenvalue weighted by Gasteiger charge is -2.29. The maximum atomic E-state index is 13.9. The first kappa shape index (κ1) is 24.9. The first-order chi connectivity index (χ1) is 19.1. The van der Waals surface area contributed by atoms with E-state index in [1.807, 2.05) is 54.6 Å². The molecule has 0 unspecified atom stereocenters. The highest BCUT2D eigenvalue weighted by atomic mass is 16.5. The molecule has 0 saturated heterocycles. The number of nitrogens with zero attached hydrogens (tertiary/aromatic N) is 5. The number of fused-ring (bicyclic) bond motifs is 1. The number of nitrogen functional groups attached to an aromatic ring is 1. The Morgan fingerprint density at radius 1 is 1.03 bits per heavy atom. The van der Waals surface area contributed by atoms with Crippen LogP contribution in [-0.4, -0.2) is 31.7 Å². The van der Waals surface area contributed by atoms with E-state index in [9.17, 15) is 4.79 Å². The van der Waals surface area contributed by atoms with Gasteiger partial charge in [-0.1, -0.05) is 24.3 Å². The van der Waals surface area contributed by atoms with Crippen LogP contribution in [-0.2, 0) is 0 Å². The van der Waals surface area contributed by atoms with E-state index in [4.69, 9.17) is 17.0 Å². The molecule has 6 rings (SSSR count). The zero-order chi connectivity index (χ0) is 26.8. The lowest BCUT2D eigenvalue weighted by Crippen LogP contribution is -2.36. The van der Waals surface area contributed by atoms with E-state index in [0.717, 1.165) is 37.1 Å². The van der Waals surface area contributed by atoms with Crippen LogP contribution >= 0.6 is 0 Å². The second-order valence-corrected chi connectivity index (χ2v) is 10.3. The molecule has 2 heterocycles. The molecular weight excluding hydrogens is 490 g/mol. The third kappa shape index (κ3) is 5.29. The number of anilines is 1. The molecule has 0 spiro atoms. The maximum Gasteiger partial charge on any atom is 0.335 e. The molecule has 2 aliphatic carbocycles. The Morgan fingerprint density at radius 2 is 1.74 bits per heavy atom. The van der Waals surface area contributed by atoms with Crippen molar-refractivity contribution in [3.63, 3.8) is 0 Å². The smallest absolute Gasteiger partial charge is 0.335 e. The van der Waals surface area contributed by atoms with Gasteiger partial charge in [-0.2, -0.15) is 0 Å². The van der Waals surface area contributed by atoms with E-state index in [0.29, 0.717) is 41.1 Å². The average Bonchev–Trinajstić information content (AvgIpc) is 3.73. The van der Waals surface area contributed by atoms with Crippen LogP contribution in [0.4, 0.5) is 5.82 Å². The Kier molecular flexibility index (Phi) is 6.86. The van der Waals surface area contributed by atoms with E-state index < -0.39 is 0 Å². The second kappa shape index (κ2) is 10.8. The summed E-state index contributed by atoms with van der Waals surface area (Å²) in [6.45, 7) is 8.06. The summed E-state index contributed by atoms with van der Waals surface area (Å²) in [7, 11) is 0. The van der Waals surface area contributed by atoms with Crippen LogP contribution in [0.5, 0.6) is 11.5 Å². The zero-order valence-electron chi connectivity index (χ0n) is 21.7. The molecule has 2 aromatic heterocycles. The molecule has 0 bridgehead atoms. The lowest BCUT2D eigenvalue weighted by atomic mass is 9.91. The SMILES string of the molecule is [C-]#[N+]/C(=C\C1CC1)CNC1CCC(n2c(=O)n(-c3ccc(Oc4ccccc4)cc3)c3c(N)ncnc32)CC1. The Hall–Kier alpha value is -4.42. The van der Waals surface area contributed by atoms with E-state index in [1.54, 1.807) is 9.13 Å². The standard InChI is InChI=1S/C30H31N7O2/c1-32-22(17-20-7-8-20)18-33-21-9-11-24(12-10-21)37-29-27(28(31)34-19-35-29)36(30(37)38)23-13-15-26(16-14-23)39-25-5-3-2-4-6-25/h2-6,13-17,19-21,24,33H,7-12,18H2,(H2,31,34,35)/b22-17-. The van der Waals surface area contributed by atoms with Gasteiger partial charge >= 0.3 is 5.69 Å². The third-order valence-electron chi connectivity index (χ3n) is 7.58. The van der Waals surface area contributed by atoms with Crippen LogP contribution < -0.4 is 21.5 Å². The molecule has 2 aromatic carbocycles. The van der Waals surface area contributed by atoms with E-state index in [1.165, 1.54) is 19.2 Å². The number of ether oxygens (including phenoxy) is 1. The van der Waals surface area contributed by atoms with Crippen LogP contribution in [0, 0.1) is 12.5 Å². The van der Waals surface area contributed by atoms with E-state index in [2.05, 4.69) is 26.2 Å². The normalized spacial score (nSPS) is 19.6. The second-order valence-electron chi connectivity index (χ2n) is 10.3. The maximum absolute atomic E-state index is 13.9. The Balaban J connectivity index is 1.22. The van der Waals surface area contributed by atoms with Gasteiger partial charge in [-0.25, -0.2) is 19.6 Å². The molecule has 3 N–H and O–H groups in total. The van der Waals surface area contributed by atoms with Gasteiger partial charge in [-0.15, -0.1) is 0 Å². The van der Waals surface area contributed by atoms with Gasteiger partial charge in [0.2, 0.25) is 0 Å². The van der Waals surface area contributed by atoms with Crippen molar-refractivity contribution < 1.29 is 4.74 Å². The molecule has 0 radical (unpaired) electrons. The molecule has 9 heteroatoms. The molecule has 2 aliphatic rings. The van der Waals surface area contributed by atoms with Crippen LogP contribution in [0.1, 0.15) is 44.6 Å². The number of nitrogens with one attached hydrogen (secondary N) is 1. The monoisotopic (exact) mass is 521 g/mol. The summed E-state index contributed by atoms with van der Waals surface area (Å²) in [6.07, 6.45) is 9.45. The molecule has 4 aromatic rings. The minimum absolute atomic E-state index is 0.0108. The molecule has 0 atom stereocenters. The van der Waals surface area contributed by atoms with Gasteiger partial charge < -0.3 is 15.8 Å². The number of nitrogens with two attached hydrogens (primary N) is 1. The number of para-hydroxylation sites is 1. The minimum atomic E-state index is -0.173. The quantitative estimate of drug-likeness (QED) is 0.307. The van der Waals surface area contributed by atoms with Crippen molar-refractivity contribution in [2.45, 2.75) is 50.6 Å². The van der Waals surface area contributed by atoms with Gasteiger partial charge in [0, 0.05) is 18.6 Å². The van der Waals surface area contributed by atoms with Gasteiger partial charge in [-0.3, -0.25) is 9.13 Å². The van der Waals surface area contributed by atoms with Gasteiger partial charge in [0.05, 0.1) is 12.3 Å². The lowest BCUT2D eigenvalue weighted by molar-refractivity contribution is 0.294. The predicted octanol–water partition coefficient (Wildman–Crippen LogP) is 5.24. The summed E-state index contributed by atoms with van der Waals surface area (Å²) in [4.78, 5) is 26.2. The van der Waals surface area contributed by atoms with Crippen LogP contribution in [0.15, 0.2) is 77.5 Å². The number of rotatable bonds is 8. The number of hydrogen-bond acceptors (Lipinski definition) is 6. The number of imidazole rings is 1. The fraction of sp³-hybridized carbons (Fsp3) is 0.333. The van der Waals surface area contributed by atoms with Crippen LogP contribution in [0.2, 0.25) is 0 Å². The van der Waals surface area contributed by atoms with Crippen molar-refractivity contribution in [2.24, 2.45) is 5.92 Å². The van der Waals surface area contributed by atoms with Crippen molar-refractivity contribution in [2.75, 3.05) is 12.3 Å². The Bertz CT molecular complexity index is 1590. The minimum Gasteiger partial charge on any atom is -0.457 e. The summed E-state index contributed by atoms with van der Waals surface area (Å²) in [5.41, 5.74) is 8.68. The fourth-order valence-corrected chi connectivity index (χ4v) is 5.38. The molecule has 2 saturated carbocycles. The van der Waals surface area contributed by atoms with Gasteiger partial charge in [0.1, 0.15) is 23.3 Å². The largest absolute Gasteiger partial charge is 0.457 e. The van der Waals surface area contributed by atoms with Crippen molar-refractivity contribution in [3.05, 3.63) is 94.6 Å². The molecule has 198 valence electrons. The third-order valence-corrected chi connectivity index (χ3v) is 7.58. The Labute approximate surface area is 226 Å².